The minimum atomic E-state index is -0.961. The maximum atomic E-state index is 12.0. The second-order valence-electron chi connectivity index (χ2n) is 4.63. The Morgan fingerprint density at radius 1 is 1.56 bits per heavy atom. The highest BCUT2D eigenvalue weighted by molar-refractivity contribution is 7.98. The van der Waals surface area contributed by atoms with Crippen molar-refractivity contribution in [1.29, 1.82) is 0 Å². The summed E-state index contributed by atoms with van der Waals surface area (Å²) in [5.41, 5.74) is 0. The number of aliphatic carboxylic acids is 1. The first-order chi connectivity index (χ1) is 8.56. The summed E-state index contributed by atoms with van der Waals surface area (Å²) in [5.74, 6) is -0.374. The predicted molar refractivity (Wildman–Crippen MR) is 70.7 cm³/mol. The van der Waals surface area contributed by atoms with Crippen LogP contribution in [0.4, 0.5) is 0 Å². The van der Waals surface area contributed by atoms with Crippen LogP contribution in [0.1, 0.15) is 19.8 Å². The summed E-state index contributed by atoms with van der Waals surface area (Å²) < 4.78 is 5.28. The molecule has 0 bridgehead atoms. The zero-order chi connectivity index (χ0) is 13.5. The highest BCUT2D eigenvalue weighted by Crippen LogP contribution is 2.21. The lowest BCUT2D eigenvalue weighted by atomic mass is 9.89. The first kappa shape index (κ1) is 15.3. The number of carbonyl (C=O) groups excluding carboxylic acids is 1. The molecule has 5 nitrogen and oxygen atoms in total. The summed E-state index contributed by atoms with van der Waals surface area (Å²) in [5, 5.41) is 11.7. The second kappa shape index (κ2) is 7.63. The Balaban J connectivity index is 2.51. The monoisotopic (exact) mass is 275 g/mol. The number of amides is 1. The van der Waals surface area contributed by atoms with Gasteiger partial charge in [0.15, 0.2) is 0 Å². The topological polar surface area (TPSA) is 75.6 Å². The molecule has 0 aromatic rings. The van der Waals surface area contributed by atoms with Crippen molar-refractivity contribution in [2.24, 2.45) is 11.8 Å². The van der Waals surface area contributed by atoms with E-state index in [1.54, 1.807) is 11.8 Å². The quantitative estimate of drug-likeness (QED) is 0.756. The number of carbonyl (C=O) groups is 2. The van der Waals surface area contributed by atoms with Crippen LogP contribution in [-0.2, 0) is 14.3 Å². The molecule has 0 aromatic heterocycles. The maximum Gasteiger partial charge on any atom is 0.326 e. The van der Waals surface area contributed by atoms with Crippen LogP contribution in [0.2, 0.25) is 0 Å². The lowest BCUT2D eigenvalue weighted by Gasteiger charge is -2.28. The molecule has 1 amide bonds. The number of nitrogens with one attached hydrogen (secondary N) is 1. The Morgan fingerprint density at radius 2 is 2.28 bits per heavy atom. The molecule has 104 valence electrons. The molecule has 0 saturated carbocycles. The number of carboxylic acid groups (broad SMARTS) is 1. The Morgan fingerprint density at radius 3 is 2.83 bits per heavy atom. The predicted octanol–water partition coefficient (Wildman–Crippen LogP) is 0.981. The highest BCUT2D eigenvalue weighted by Gasteiger charge is 2.30. The van der Waals surface area contributed by atoms with E-state index in [0.717, 1.165) is 5.75 Å². The van der Waals surface area contributed by atoms with Crippen molar-refractivity contribution in [3.05, 3.63) is 0 Å². The van der Waals surface area contributed by atoms with Gasteiger partial charge in [-0.15, -0.1) is 0 Å². The van der Waals surface area contributed by atoms with Gasteiger partial charge in [-0.25, -0.2) is 4.79 Å². The average molecular weight is 275 g/mol. The van der Waals surface area contributed by atoms with E-state index in [0.29, 0.717) is 26.1 Å². The molecular weight excluding hydrogens is 254 g/mol. The molecule has 2 unspecified atom stereocenters. The van der Waals surface area contributed by atoms with Crippen molar-refractivity contribution >= 4 is 23.6 Å². The Hall–Kier alpha value is -0.750. The van der Waals surface area contributed by atoms with Crippen LogP contribution in [0.15, 0.2) is 0 Å². The minimum absolute atomic E-state index is 0.130. The van der Waals surface area contributed by atoms with Gasteiger partial charge in [0.2, 0.25) is 5.91 Å². The Labute approximate surface area is 112 Å². The van der Waals surface area contributed by atoms with Gasteiger partial charge in [-0.2, -0.15) is 11.8 Å². The van der Waals surface area contributed by atoms with E-state index in [9.17, 15) is 9.59 Å². The molecule has 1 saturated heterocycles. The fourth-order valence-electron chi connectivity index (χ4n) is 2.04. The molecular formula is C12H21NO4S. The SMILES string of the molecule is CSCC[C@@H](NC(=O)C1CCOCC1C)C(=O)O. The Kier molecular flexibility index (Phi) is 6.49. The van der Waals surface area contributed by atoms with Gasteiger partial charge in [-0.1, -0.05) is 6.92 Å². The number of hydrogen-bond acceptors (Lipinski definition) is 4. The standard InChI is InChI=1S/C12H21NO4S/c1-8-7-17-5-3-9(8)11(14)13-10(12(15)16)4-6-18-2/h8-10H,3-7H2,1-2H3,(H,13,14)(H,15,16)/t8?,9?,10-/m1/s1. The van der Waals surface area contributed by atoms with Gasteiger partial charge in [0.25, 0.3) is 0 Å². The molecule has 0 aromatic carbocycles. The fourth-order valence-corrected chi connectivity index (χ4v) is 2.51. The Bertz CT molecular complexity index is 298. The number of rotatable bonds is 6. The molecule has 6 heteroatoms. The van der Waals surface area contributed by atoms with Crippen LogP contribution in [0.3, 0.4) is 0 Å². The molecule has 3 atom stereocenters. The van der Waals surface area contributed by atoms with Crippen LogP contribution in [0, 0.1) is 11.8 Å². The van der Waals surface area contributed by atoms with Crippen LogP contribution in [-0.4, -0.2) is 48.2 Å². The van der Waals surface area contributed by atoms with Gasteiger partial charge in [0.1, 0.15) is 6.04 Å². The minimum Gasteiger partial charge on any atom is -0.480 e. The normalized spacial score (nSPS) is 25.4. The lowest BCUT2D eigenvalue weighted by Crippen LogP contribution is -2.47. The number of hydrogen-bond donors (Lipinski definition) is 2. The average Bonchev–Trinajstić information content (AvgIpc) is 2.34. The molecule has 1 aliphatic heterocycles. The van der Waals surface area contributed by atoms with Gasteiger partial charge in [-0.05, 0) is 30.8 Å². The zero-order valence-electron chi connectivity index (χ0n) is 10.8. The summed E-state index contributed by atoms with van der Waals surface area (Å²) in [6, 6.07) is -0.778. The molecule has 0 radical (unpaired) electrons. The van der Waals surface area contributed by atoms with Crippen LogP contribution in [0.5, 0.6) is 0 Å². The number of ether oxygens (including phenoxy) is 1. The molecule has 2 N–H and O–H groups in total. The van der Waals surface area contributed by atoms with Crippen molar-refractivity contribution in [1.82, 2.24) is 5.32 Å². The van der Waals surface area contributed by atoms with Crippen LogP contribution in [0.25, 0.3) is 0 Å². The molecule has 1 fully saturated rings. The molecule has 1 aliphatic rings. The van der Waals surface area contributed by atoms with Crippen molar-refractivity contribution in [2.75, 3.05) is 25.2 Å². The fraction of sp³-hybridized carbons (Fsp3) is 0.833. The number of thioether (sulfide) groups is 1. The summed E-state index contributed by atoms with van der Waals surface area (Å²) in [6.45, 7) is 3.10. The van der Waals surface area contributed by atoms with Gasteiger partial charge >= 0.3 is 5.97 Å². The van der Waals surface area contributed by atoms with E-state index >= 15 is 0 Å². The van der Waals surface area contributed by atoms with Crippen LogP contribution < -0.4 is 5.32 Å². The number of carboxylic acids is 1. The van der Waals surface area contributed by atoms with Gasteiger partial charge in [0.05, 0.1) is 0 Å². The van der Waals surface area contributed by atoms with Crippen molar-refractivity contribution in [3.8, 4) is 0 Å². The second-order valence-corrected chi connectivity index (χ2v) is 5.61. The summed E-state index contributed by atoms with van der Waals surface area (Å²) in [4.78, 5) is 23.1. The summed E-state index contributed by atoms with van der Waals surface area (Å²) in [6.07, 6.45) is 3.04. The van der Waals surface area contributed by atoms with Gasteiger partial charge in [-0.3, -0.25) is 4.79 Å². The van der Waals surface area contributed by atoms with E-state index in [4.69, 9.17) is 9.84 Å². The van der Waals surface area contributed by atoms with E-state index in [2.05, 4.69) is 5.32 Å². The lowest BCUT2D eigenvalue weighted by molar-refractivity contribution is -0.143. The first-order valence-electron chi connectivity index (χ1n) is 6.16. The van der Waals surface area contributed by atoms with E-state index in [1.807, 2.05) is 13.2 Å². The molecule has 1 heterocycles. The molecule has 18 heavy (non-hydrogen) atoms. The summed E-state index contributed by atoms with van der Waals surface area (Å²) in [7, 11) is 0. The highest BCUT2D eigenvalue weighted by atomic mass is 32.2. The van der Waals surface area contributed by atoms with Gasteiger partial charge in [0, 0.05) is 19.1 Å². The van der Waals surface area contributed by atoms with Gasteiger partial charge < -0.3 is 15.2 Å². The van der Waals surface area contributed by atoms with Crippen molar-refractivity contribution in [3.63, 3.8) is 0 Å². The largest absolute Gasteiger partial charge is 0.480 e. The molecule has 1 rings (SSSR count). The van der Waals surface area contributed by atoms with E-state index < -0.39 is 12.0 Å². The van der Waals surface area contributed by atoms with E-state index in [-0.39, 0.29) is 17.7 Å². The smallest absolute Gasteiger partial charge is 0.326 e. The molecule has 0 aliphatic carbocycles. The van der Waals surface area contributed by atoms with E-state index in [1.165, 1.54) is 0 Å². The zero-order valence-corrected chi connectivity index (χ0v) is 11.7. The third-order valence-corrected chi connectivity index (χ3v) is 3.85. The van der Waals surface area contributed by atoms with Crippen LogP contribution >= 0.6 is 11.8 Å². The van der Waals surface area contributed by atoms with Crippen molar-refractivity contribution < 1.29 is 19.4 Å². The first-order valence-corrected chi connectivity index (χ1v) is 7.55. The third-order valence-electron chi connectivity index (χ3n) is 3.20. The maximum absolute atomic E-state index is 12.0. The van der Waals surface area contributed by atoms with Crippen molar-refractivity contribution in [2.45, 2.75) is 25.8 Å². The third kappa shape index (κ3) is 4.49. The molecule has 0 spiro atoms. The summed E-state index contributed by atoms with van der Waals surface area (Å²) >= 11 is 1.58.